The van der Waals surface area contributed by atoms with Gasteiger partial charge in [-0.15, -0.1) is 0 Å². The van der Waals surface area contributed by atoms with Crippen molar-refractivity contribution in [1.82, 2.24) is 19.8 Å². The van der Waals surface area contributed by atoms with Crippen molar-refractivity contribution in [2.45, 2.75) is 26.6 Å². The largest absolute Gasteiger partial charge is 0.416 e. The molecule has 1 aliphatic rings. The molecule has 1 aliphatic heterocycles. The second-order valence-corrected chi connectivity index (χ2v) is 9.27. The molecule has 0 aliphatic carbocycles. The van der Waals surface area contributed by atoms with E-state index in [0.29, 0.717) is 30.0 Å². The Balaban J connectivity index is 1.42. The molecule has 2 aromatic heterocycles. The summed E-state index contributed by atoms with van der Waals surface area (Å²) in [7, 11) is 0. The fourth-order valence-electron chi connectivity index (χ4n) is 4.21. The molecule has 4 N–H and O–H groups in total. The third-order valence-corrected chi connectivity index (χ3v) is 6.45. The first-order chi connectivity index (χ1) is 18.6. The molecule has 1 fully saturated rings. The van der Waals surface area contributed by atoms with Gasteiger partial charge in [0.15, 0.2) is 0 Å². The highest BCUT2D eigenvalue weighted by atomic mass is 19.4. The topological polar surface area (TPSA) is 99.4 Å². The highest BCUT2D eigenvalue weighted by Crippen LogP contribution is 2.34. The number of hydrogen-bond donors (Lipinski definition) is 3. The third kappa shape index (κ3) is 7.69. The molecule has 0 spiro atoms. The van der Waals surface area contributed by atoms with Crippen LogP contribution in [0.15, 0.2) is 48.8 Å². The maximum absolute atomic E-state index is 13.9. The van der Waals surface area contributed by atoms with Gasteiger partial charge in [-0.05, 0) is 54.9 Å². The summed E-state index contributed by atoms with van der Waals surface area (Å²) < 4.78 is 41.6. The van der Waals surface area contributed by atoms with Crippen molar-refractivity contribution >= 4 is 23.4 Å². The van der Waals surface area contributed by atoms with Crippen molar-refractivity contribution in [3.8, 4) is 11.8 Å². The summed E-state index contributed by atoms with van der Waals surface area (Å²) in [5, 5.41) is 5.01. The summed E-state index contributed by atoms with van der Waals surface area (Å²) in [6.07, 6.45) is -1.51. The SMILES string of the molecule is CCN1CCN(Cc2ccc(NC(=O)Nc3cc(C#Cc4cnc(N)c(C)c4)ccn3)cc2C(F)(F)F)CC1. The van der Waals surface area contributed by atoms with Crippen LogP contribution >= 0.6 is 0 Å². The summed E-state index contributed by atoms with van der Waals surface area (Å²) in [5.74, 6) is 6.57. The summed E-state index contributed by atoms with van der Waals surface area (Å²) in [6.45, 7) is 8.11. The number of benzene rings is 1. The number of alkyl halides is 3. The highest BCUT2D eigenvalue weighted by molar-refractivity contribution is 5.99. The first-order valence-corrected chi connectivity index (χ1v) is 12.5. The molecule has 2 amide bonds. The van der Waals surface area contributed by atoms with Gasteiger partial charge in [0.25, 0.3) is 0 Å². The van der Waals surface area contributed by atoms with E-state index in [2.05, 4.69) is 44.3 Å². The summed E-state index contributed by atoms with van der Waals surface area (Å²) in [6, 6.07) is 8.20. The van der Waals surface area contributed by atoms with Crippen LogP contribution in [0.4, 0.5) is 35.3 Å². The quantitative estimate of drug-likeness (QED) is 0.413. The van der Waals surface area contributed by atoms with Crippen LogP contribution in [0.5, 0.6) is 0 Å². The van der Waals surface area contributed by atoms with Gasteiger partial charge in [0.1, 0.15) is 11.6 Å². The number of carbonyl (C=O) groups excluding carboxylic acids is 1. The maximum atomic E-state index is 13.9. The van der Waals surface area contributed by atoms with E-state index >= 15 is 0 Å². The molecule has 4 rings (SSSR count). The number of halogens is 3. The monoisotopic (exact) mass is 537 g/mol. The Morgan fingerprint density at radius 3 is 2.41 bits per heavy atom. The fraction of sp³-hybridized carbons (Fsp3) is 0.321. The Labute approximate surface area is 225 Å². The number of rotatable bonds is 5. The number of nitrogens with one attached hydrogen (secondary N) is 2. The number of anilines is 3. The Morgan fingerprint density at radius 1 is 1.00 bits per heavy atom. The van der Waals surface area contributed by atoms with Crippen molar-refractivity contribution in [3.05, 3.63) is 76.6 Å². The number of carbonyl (C=O) groups is 1. The van der Waals surface area contributed by atoms with Gasteiger partial charge in [-0.25, -0.2) is 14.8 Å². The molecule has 0 saturated carbocycles. The average Bonchev–Trinajstić information content (AvgIpc) is 2.90. The Morgan fingerprint density at radius 2 is 1.72 bits per heavy atom. The average molecular weight is 538 g/mol. The Kier molecular flexibility index (Phi) is 8.69. The van der Waals surface area contributed by atoms with Crippen molar-refractivity contribution in [2.24, 2.45) is 0 Å². The first kappa shape index (κ1) is 27.9. The summed E-state index contributed by atoms with van der Waals surface area (Å²) in [4.78, 5) is 25.0. The lowest BCUT2D eigenvalue weighted by atomic mass is 10.0. The standard InChI is InChI=1S/C28H30F3N7O/c1-3-37-10-12-38(13-11-37)18-22-6-7-23(16-24(22)28(29,30)31)35-27(39)36-25-15-20(8-9-33-25)4-5-21-14-19(2)26(32)34-17-21/h6-9,14-17H,3,10-13,18H2,1-2H3,(H2,32,34)(H2,33,35,36,39). The van der Waals surface area contributed by atoms with Crippen LogP contribution in [0.1, 0.15) is 34.7 Å². The van der Waals surface area contributed by atoms with Gasteiger partial charge in [0, 0.05) is 61.9 Å². The molecular weight excluding hydrogens is 507 g/mol. The van der Waals surface area contributed by atoms with Crippen LogP contribution in [0.2, 0.25) is 0 Å². The predicted molar refractivity (Wildman–Crippen MR) is 145 cm³/mol. The number of likely N-dealkylation sites (N-methyl/N-ethyl adjacent to an activating group) is 1. The van der Waals surface area contributed by atoms with Gasteiger partial charge >= 0.3 is 12.2 Å². The van der Waals surface area contributed by atoms with E-state index in [9.17, 15) is 18.0 Å². The molecule has 3 aromatic rings. The Bertz CT molecular complexity index is 1390. The van der Waals surface area contributed by atoms with E-state index in [-0.39, 0.29) is 23.6 Å². The van der Waals surface area contributed by atoms with E-state index in [1.54, 1.807) is 18.3 Å². The lowest BCUT2D eigenvalue weighted by molar-refractivity contribution is -0.138. The van der Waals surface area contributed by atoms with Gasteiger partial charge in [-0.1, -0.05) is 24.8 Å². The van der Waals surface area contributed by atoms with Crippen LogP contribution in [0.25, 0.3) is 0 Å². The second-order valence-electron chi connectivity index (χ2n) is 9.27. The molecule has 204 valence electrons. The van der Waals surface area contributed by atoms with Crippen molar-refractivity contribution in [2.75, 3.05) is 49.1 Å². The van der Waals surface area contributed by atoms with Crippen LogP contribution in [0, 0.1) is 18.8 Å². The predicted octanol–water partition coefficient (Wildman–Crippen LogP) is 4.57. The number of nitrogens with zero attached hydrogens (tertiary/aromatic N) is 4. The molecule has 0 bridgehead atoms. The molecular formula is C28H30F3N7O. The fourth-order valence-corrected chi connectivity index (χ4v) is 4.21. The van der Waals surface area contributed by atoms with Crippen LogP contribution < -0.4 is 16.4 Å². The van der Waals surface area contributed by atoms with Crippen molar-refractivity contribution < 1.29 is 18.0 Å². The molecule has 0 atom stereocenters. The highest BCUT2D eigenvalue weighted by Gasteiger charge is 2.34. The zero-order valence-corrected chi connectivity index (χ0v) is 21.8. The molecule has 0 unspecified atom stereocenters. The van der Waals surface area contributed by atoms with Crippen LogP contribution in [0.3, 0.4) is 0 Å². The molecule has 39 heavy (non-hydrogen) atoms. The number of piperazine rings is 1. The Hall–Kier alpha value is -4.14. The minimum Gasteiger partial charge on any atom is -0.383 e. The van der Waals surface area contributed by atoms with Crippen LogP contribution in [-0.2, 0) is 12.7 Å². The molecule has 1 saturated heterocycles. The normalized spacial score (nSPS) is 14.4. The van der Waals surface area contributed by atoms with Crippen LogP contribution in [-0.4, -0.2) is 58.5 Å². The zero-order valence-electron chi connectivity index (χ0n) is 21.8. The minimum atomic E-state index is -4.55. The number of urea groups is 1. The number of aromatic nitrogens is 2. The number of hydrogen-bond acceptors (Lipinski definition) is 6. The van der Waals surface area contributed by atoms with Gasteiger partial charge < -0.3 is 16.0 Å². The van der Waals surface area contributed by atoms with Gasteiger partial charge in [-0.2, -0.15) is 13.2 Å². The van der Waals surface area contributed by atoms with E-state index in [1.807, 2.05) is 17.9 Å². The maximum Gasteiger partial charge on any atom is 0.416 e. The van der Waals surface area contributed by atoms with Gasteiger partial charge in [0.2, 0.25) is 0 Å². The zero-order chi connectivity index (χ0) is 28.0. The number of nitrogen functional groups attached to an aromatic ring is 1. The van der Waals surface area contributed by atoms with Gasteiger partial charge in [0.05, 0.1) is 5.56 Å². The lowest BCUT2D eigenvalue weighted by Crippen LogP contribution is -2.45. The smallest absolute Gasteiger partial charge is 0.383 e. The molecule has 3 heterocycles. The van der Waals surface area contributed by atoms with E-state index < -0.39 is 17.8 Å². The molecule has 0 radical (unpaired) electrons. The minimum absolute atomic E-state index is 0.0292. The third-order valence-electron chi connectivity index (χ3n) is 6.45. The first-order valence-electron chi connectivity index (χ1n) is 12.5. The van der Waals surface area contributed by atoms with Gasteiger partial charge in [-0.3, -0.25) is 10.2 Å². The summed E-state index contributed by atoms with van der Waals surface area (Å²) >= 11 is 0. The number of pyridine rings is 2. The van der Waals surface area contributed by atoms with Crippen molar-refractivity contribution in [1.29, 1.82) is 0 Å². The number of amides is 2. The molecule has 8 nitrogen and oxygen atoms in total. The summed E-state index contributed by atoms with van der Waals surface area (Å²) in [5.41, 5.74) is 7.25. The molecule has 11 heteroatoms. The molecule has 1 aromatic carbocycles. The van der Waals surface area contributed by atoms with Crippen molar-refractivity contribution in [3.63, 3.8) is 0 Å². The lowest BCUT2D eigenvalue weighted by Gasteiger charge is -2.34. The van der Waals surface area contributed by atoms with E-state index in [4.69, 9.17) is 5.73 Å². The number of nitrogens with two attached hydrogens (primary N) is 1. The number of aryl methyl sites for hydroxylation is 1. The van der Waals surface area contributed by atoms with E-state index in [0.717, 1.165) is 31.3 Å². The second kappa shape index (κ2) is 12.1. The van der Waals surface area contributed by atoms with E-state index in [1.165, 1.54) is 18.3 Å².